The Bertz CT molecular complexity index is 477. The molecule has 0 amide bonds. The van der Waals surface area contributed by atoms with Crippen molar-refractivity contribution < 1.29 is 44.3 Å². The van der Waals surface area contributed by atoms with Crippen molar-refractivity contribution in [3.8, 4) is 0 Å². The number of nitrogens with zero attached hydrogens (tertiary/aromatic N) is 2. The van der Waals surface area contributed by atoms with Crippen LogP contribution >= 0.6 is 0 Å². The zero-order chi connectivity index (χ0) is 21.1. The van der Waals surface area contributed by atoms with Crippen LogP contribution in [-0.2, 0) is 23.9 Å². The van der Waals surface area contributed by atoms with Gasteiger partial charge in [-0.25, -0.2) is 0 Å². The summed E-state index contributed by atoms with van der Waals surface area (Å²) in [7, 11) is 0. The molecule has 4 N–H and O–H groups in total. The third-order valence-electron chi connectivity index (χ3n) is 4.41. The van der Waals surface area contributed by atoms with E-state index >= 15 is 0 Å². The number of rotatable bonds is 14. The quantitative estimate of drug-likeness (QED) is 0.299. The van der Waals surface area contributed by atoms with Crippen molar-refractivity contribution in [2.24, 2.45) is 0 Å². The van der Waals surface area contributed by atoms with Crippen molar-refractivity contribution in [3.05, 3.63) is 0 Å². The Morgan fingerprint density at radius 2 is 1.00 bits per heavy atom. The van der Waals surface area contributed by atoms with Gasteiger partial charge in [0.1, 0.15) is 0 Å². The molecule has 1 heterocycles. The standard InChI is InChI=1S/C17H28N2O9/c20-14(21)8-18(9-15(22)23)6-4-12-2-1-3-13(28-12)5-7-19(10-16(24)25)11-17(26)27/h12-13H,1-11H2,(H,20,21)(H,22,23)(H,24,25)(H,26,27). The van der Waals surface area contributed by atoms with E-state index in [2.05, 4.69) is 0 Å². The molecule has 28 heavy (non-hydrogen) atoms. The summed E-state index contributed by atoms with van der Waals surface area (Å²) in [6, 6.07) is 0. The SMILES string of the molecule is O=C(O)CN(CCC1CCCC(CCN(CC(=O)O)CC(=O)O)O1)CC(=O)O. The molecule has 0 spiro atoms. The van der Waals surface area contributed by atoms with Gasteiger partial charge in [0.15, 0.2) is 0 Å². The van der Waals surface area contributed by atoms with Crippen LogP contribution in [0.5, 0.6) is 0 Å². The summed E-state index contributed by atoms with van der Waals surface area (Å²) in [4.78, 5) is 46.0. The molecular formula is C17H28N2O9. The molecule has 1 saturated heterocycles. The van der Waals surface area contributed by atoms with Gasteiger partial charge in [-0.2, -0.15) is 0 Å². The lowest BCUT2D eigenvalue weighted by Crippen LogP contribution is -2.39. The molecule has 0 aromatic rings. The average molecular weight is 404 g/mol. The van der Waals surface area contributed by atoms with E-state index in [1.54, 1.807) is 0 Å². The van der Waals surface area contributed by atoms with Gasteiger partial charge in [0.25, 0.3) is 0 Å². The fourth-order valence-corrected chi connectivity index (χ4v) is 3.25. The maximum absolute atomic E-state index is 10.8. The Morgan fingerprint density at radius 3 is 1.29 bits per heavy atom. The molecule has 0 aliphatic carbocycles. The lowest BCUT2D eigenvalue weighted by molar-refractivity contribution is -0.143. The molecule has 0 radical (unpaired) electrons. The van der Waals surface area contributed by atoms with Gasteiger partial charge in [-0.15, -0.1) is 0 Å². The van der Waals surface area contributed by atoms with E-state index in [0.29, 0.717) is 12.8 Å². The van der Waals surface area contributed by atoms with Crippen LogP contribution in [0.25, 0.3) is 0 Å². The average Bonchev–Trinajstić information content (AvgIpc) is 2.56. The fourth-order valence-electron chi connectivity index (χ4n) is 3.25. The van der Waals surface area contributed by atoms with Crippen LogP contribution in [0.1, 0.15) is 32.1 Å². The molecule has 0 aromatic carbocycles. The minimum atomic E-state index is -1.10. The van der Waals surface area contributed by atoms with Crippen LogP contribution in [0, 0.1) is 0 Å². The fraction of sp³-hybridized carbons (Fsp3) is 0.765. The highest BCUT2D eigenvalue weighted by Gasteiger charge is 2.25. The first-order valence-electron chi connectivity index (χ1n) is 9.13. The van der Waals surface area contributed by atoms with E-state index in [4.69, 9.17) is 25.2 Å². The third-order valence-corrected chi connectivity index (χ3v) is 4.41. The van der Waals surface area contributed by atoms with Crippen LogP contribution in [-0.4, -0.2) is 106 Å². The summed E-state index contributed by atoms with van der Waals surface area (Å²) < 4.78 is 5.96. The van der Waals surface area contributed by atoms with Crippen molar-refractivity contribution in [2.75, 3.05) is 39.3 Å². The molecule has 2 unspecified atom stereocenters. The van der Waals surface area contributed by atoms with Crippen LogP contribution in [0.4, 0.5) is 0 Å². The van der Waals surface area contributed by atoms with Gasteiger partial charge in [0.05, 0.1) is 38.4 Å². The van der Waals surface area contributed by atoms with E-state index < -0.39 is 23.9 Å². The normalized spacial score (nSPS) is 19.6. The summed E-state index contributed by atoms with van der Waals surface area (Å²) in [5.41, 5.74) is 0. The Balaban J connectivity index is 2.47. The minimum absolute atomic E-state index is 0.142. The van der Waals surface area contributed by atoms with Gasteiger partial charge in [-0.3, -0.25) is 29.0 Å². The van der Waals surface area contributed by atoms with Gasteiger partial charge < -0.3 is 25.2 Å². The zero-order valence-electron chi connectivity index (χ0n) is 15.7. The van der Waals surface area contributed by atoms with E-state index in [1.165, 1.54) is 9.80 Å². The lowest BCUT2D eigenvalue weighted by atomic mass is 9.99. The first kappa shape index (κ1) is 23.8. The number of aliphatic carboxylic acids is 4. The molecule has 1 rings (SSSR count). The Kier molecular flexibility index (Phi) is 10.4. The third kappa shape index (κ3) is 10.8. The van der Waals surface area contributed by atoms with Crippen LogP contribution in [0.2, 0.25) is 0 Å². The maximum atomic E-state index is 10.8. The van der Waals surface area contributed by atoms with Gasteiger partial charge >= 0.3 is 23.9 Å². The molecule has 2 atom stereocenters. The highest BCUT2D eigenvalue weighted by molar-refractivity contribution is 5.73. The second kappa shape index (κ2) is 12.3. The first-order chi connectivity index (χ1) is 13.2. The van der Waals surface area contributed by atoms with Crippen LogP contribution < -0.4 is 0 Å². The van der Waals surface area contributed by atoms with Crippen molar-refractivity contribution in [1.82, 2.24) is 9.80 Å². The van der Waals surface area contributed by atoms with Crippen molar-refractivity contribution >= 4 is 23.9 Å². The number of hydrogen-bond acceptors (Lipinski definition) is 7. The Morgan fingerprint density at radius 1 is 0.679 bits per heavy atom. The van der Waals surface area contributed by atoms with E-state index in [-0.39, 0.29) is 51.5 Å². The van der Waals surface area contributed by atoms with Crippen molar-refractivity contribution in [3.63, 3.8) is 0 Å². The van der Waals surface area contributed by atoms with Crippen molar-refractivity contribution in [1.29, 1.82) is 0 Å². The second-order valence-corrected chi connectivity index (χ2v) is 6.88. The van der Waals surface area contributed by atoms with Crippen LogP contribution in [0.3, 0.4) is 0 Å². The number of carboxylic acid groups (broad SMARTS) is 4. The molecule has 11 nitrogen and oxygen atoms in total. The highest BCUT2D eigenvalue weighted by Crippen LogP contribution is 2.23. The lowest BCUT2D eigenvalue weighted by Gasteiger charge is -2.32. The van der Waals surface area contributed by atoms with E-state index in [9.17, 15) is 19.2 Å². The molecule has 0 saturated carbocycles. The molecule has 0 bridgehead atoms. The number of ether oxygens (including phenoxy) is 1. The highest BCUT2D eigenvalue weighted by atomic mass is 16.5. The topological polar surface area (TPSA) is 165 Å². The molecule has 11 heteroatoms. The molecular weight excluding hydrogens is 376 g/mol. The largest absolute Gasteiger partial charge is 0.480 e. The van der Waals surface area contributed by atoms with Gasteiger partial charge in [-0.05, 0) is 32.1 Å². The smallest absolute Gasteiger partial charge is 0.317 e. The molecule has 1 fully saturated rings. The summed E-state index contributed by atoms with van der Waals surface area (Å²) in [5, 5.41) is 35.5. The van der Waals surface area contributed by atoms with E-state index in [0.717, 1.165) is 19.3 Å². The number of carbonyl (C=O) groups is 4. The zero-order valence-corrected chi connectivity index (χ0v) is 15.7. The minimum Gasteiger partial charge on any atom is -0.480 e. The second-order valence-electron chi connectivity index (χ2n) is 6.88. The van der Waals surface area contributed by atoms with Gasteiger partial charge in [0, 0.05) is 13.1 Å². The maximum Gasteiger partial charge on any atom is 0.317 e. The first-order valence-corrected chi connectivity index (χ1v) is 9.13. The number of carboxylic acids is 4. The Labute approximate surface area is 162 Å². The van der Waals surface area contributed by atoms with Crippen LogP contribution in [0.15, 0.2) is 0 Å². The molecule has 1 aliphatic heterocycles. The summed E-state index contributed by atoms with van der Waals surface area (Å²) in [6.07, 6.45) is 3.13. The Hall–Kier alpha value is -2.24. The predicted octanol–water partition coefficient (Wildman–Crippen LogP) is -0.353. The van der Waals surface area contributed by atoms with Gasteiger partial charge in [0.2, 0.25) is 0 Å². The summed E-state index contributed by atoms with van der Waals surface area (Å²) in [6.45, 7) is -0.882. The van der Waals surface area contributed by atoms with E-state index in [1.807, 2.05) is 0 Å². The molecule has 0 aromatic heterocycles. The monoisotopic (exact) mass is 404 g/mol. The molecule has 160 valence electrons. The summed E-state index contributed by atoms with van der Waals surface area (Å²) in [5.74, 6) is -4.39. The predicted molar refractivity (Wildman–Crippen MR) is 95.2 cm³/mol. The van der Waals surface area contributed by atoms with Gasteiger partial charge in [-0.1, -0.05) is 0 Å². The summed E-state index contributed by atoms with van der Waals surface area (Å²) >= 11 is 0. The number of hydrogen-bond donors (Lipinski definition) is 4. The van der Waals surface area contributed by atoms with Crippen molar-refractivity contribution in [2.45, 2.75) is 44.3 Å². The molecule has 1 aliphatic rings.